The van der Waals surface area contributed by atoms with E-state index in [1.807, 2.05) is 0 Å². The van der Waals surface area contributed by atoms with Gasteiger partial charge in [-0.3, -0.25) is 19.2 Å². The Hall–Kier alpha value is -5.60. The van der Waals surface area contributed by atoms with Gasteiger partial charge in [0.15, 0.2) is 12.4 Å². The van der Waals surface area contributed by atoms with E-state index in [0.717, 1.165) is 11.8 Å². The molecule has 1 saturated heterocycles. The second-order valence-electron chi connectivity index (χ2n) is 11.1. The zero-order valence-corrected chi connectivity index (χ0v) is 27.0. The van der Waals surface area contributed by atoms with Crippen LogP contribution < -0.4 is 20.3 Å². The van der Waals surface area contributed by atoms with Crippen molar-refractivity contribution in [3.63, 3.8) is 0 Å². The number of benzene rings is 4. The van der Waals surface area contributed by atoms with Gasteiger partial charge in [0.05, 0.1) is 18.4 Å². The number of aliphatic carboxylic acids is 1. The van der Waals surface area contributed by atoms with Crippen molar-refractivity contribution in [1.82, 2.24) is 10.6 Å². The molecule has 1 aliphatic heterocycles. The van der Waals surface area contributed by atoms with Crippen LogP contribution in [0.5, 0.6) is 5.75 Å². The van der Waals surface area contributed by atoms with Crippen molar-refractivity contribution >= 4 is 46.9 Å². The number of carboxylic acid groups (broad SMARTS) is 1. The lowest BCUT2D eigenvalue weighted by molar-refractivity contribution is -0.143. The summed E-state index contributed by atoms with van der Waals surface area (Å²) in [6.45, 7) is -1.36. The van der Waals surface area contributed by atoms with Gasteiger partial charge >= 0.3 is 5.97 Å². The first-order valence-electron chi connectivity index (χ1n) is 15.3. The van der Waals surface area contributed by atoms with Crippen molar-refractivity contribution in [2.75, 3.05) is 23.9 Å². The van der Waals surface area contributed by atoms with E-state index in [9.17, 15) is 43.0 Å². The highest BCUT2D eigenvalue weighted by molar-refractivity contribution is 8.01. The molecule has 50 heavy (non-hydrogen) atoms. The number of rotatable bonds is 15. The average molecular weight is 704 g/mol. The van der Waals surface area contributed by atoms with E-state index in [4.69, 9.17) is 4.74 Å². The maximum atomic E-state index is 13.7. The number of nitrogens with one attached hydrogen (secondary N) is 2. The lowest BCUT2D eigenvalue weighted by Gasteiger charge is -2.47. The van der Waals surface area contributed by atoms with Gasteiger partial charge in [0.25, 0.3) is 5.91 Å². The first-order chi connectivity index (χ1) is 24.0. The molecule has 0 saturated carbocycles. The van der Waals surface area contributed by atoms with E-state index in [2.05, 4.69) is 10.6 Å². The summed E-state index contributed by atoms with van der Waals surface area (Å²) in [4.78, 5) is 64.7. The summed E-state index contributed by atoms with van der Waals surface area (Å²) in [6, 6.07) is 21.9. The topological polar surface area (TPSA) is 162 Å². The molecule has 14 heteroatoms. The lowest BCUT2D eigenvalue weighted by Crippen LogP contribution is -2.57. The molecule has 258 valence electrons. The van der Waals surface area contributed by atoms with Gasteiger partial charge in [-0.1, -0.05) is 42.5 Å². The van der Waals surface area contributed by atoms with E-state index < -0.39 is 66.0 Å². The Balaban J connectivity index is 1.26. The number of β-lactam (4-membered cyclic amide) rings is 1. The number of carboxylic acids is 1. The number of carbonyl (C=O) groups is 5. The normalized spacial score (nSPS) is 16.5. The molecule has 0 aliphatic carbocycles. The van der Waals surface area contributed by atoms with Crippen LogP contribution in [0, 0.1) is 11.6 Å². The summed E-state index contributed by atoms with van der Waals surface area (Å²) in [5, 5.41) is 22.6. The minimum absolute atomic E-state index is 0.0366. The molecular formula is C36H31F2N3O8S. The van der Waals surface area contributed by atoms with Crippen molar-refractivity contribution in [1.29, 1.82) is 0 Å². The van der Waals surface area contributed by atoms with Gasteiger partial charge in [0, 0.05) is 11.3 Å². The van der Waals surface area contributed by atoms with E-state index in [0.29, 0.717) is 22.4 Å². The molecular weight excluding hydrogens is 672 g/mol. The number of hydrogen-bond donors (Lipinski definition) is 4. The quantitative estimate of drug-likeness (QED) is 0.107. The Morgan fingerprint density at radius 1 is 0.840 bits per heavy atom. The van der Waals surface area contributed by atoms with Crippen LogP contribution in [0.2, 0.25) is 0 Å². The fourth-order valence-electron chi connectivity index (χ4n) is 5.22. The number of Topliss-reactive ketones (excluding diaryl/α,β-unsaturated/α-hetero) is 1. The van der Waals surface area contributed by atoms with E-state index in [1.54, 1.807) is 54.6 Å². The summed E-state index contributed by atoms with van der Waals surface area (Å²) in [7, 11) is 0. The van der Waals surface area contributed by atoms with Crippen LogP contribution in [0.25, 0.3) is 0 Å². The largest absolute Gasteiger partial charge is 0.484 e. The smallest absolute Gasteiger partial charge is 0.328 e. The molecule has 1 aliphatic rings. The number of amides is 3. The number of aliphatic hydroxyl groups is 1. The zero-order chi connectivity index (χ0) is 35.8. The minimum Gasteiger partial charge on any atom is -0.484 e. The van der Waals surface area contributed by atoms with Gasteiger partial charge in [-0.2, -0.15) is 0 Å². The number of anilines is 1. The molecule has 4 N–H and O–H groups in total. The van der Waals surface area contributed by atoms with Gasteiger partial charge in [-0.25, -0.2) is 13.6 Å². The maximum Gasteiger partial charge on any atom is 0.328 e. The third-order valence-corrected chi connectivity index (χ3v) is 9.05. The monoisotopic (exact) mass is 703 g/mol. The Bertz CT molecular complexity index is 1840. The predicted molar refractivity (Wildman–Crippen MR) is 180 cm³/mol. The second-order valence-corrected chi connectivity index (χ2v) is 12.3. The Labute approximate surface area is 289 Å². The van der Waals surface area contributed by atoms with Crippen LogP contribution in [0.1, 0.15) is 33.6 Å². The molecule has 11 nitrogen and oxygen atoms in total. The third kappa shape index (κ3) is 8.51. The number of ether oxygens (including phenoxy) is 1. The van der Waals surface area contributed by atoms with Crippen LogP contribution in [0.3, 0.4) is 0 Å². The van der Waals surface area contributed by atoms with Gasteiger partial charge in [0.2, 0.25) is 11.8 Å². The number of halogens is 2. The first kappa shape index (κ1) is 35.7. The van der Waals surface area contributed by atoms with Crippen molar-refractivity contribution < 1.29 is 47.7 Å². The molecule has 4 atom stereocenters. The summed E-state index contributed by atoms with van der Waals surface area (Å²) in [5.41, 5.74) is 1.83. The van der Waals surface area contributed by atoms with E-state index in [1.165, 1.54) is 53.4 Å². The van der Waals surface area contributed by atoms with Crippen LogP contribution in [0.4, 0.5) is 14.5 Å². The maximum absolute atomic E-state index is 13.7. The van der Waals surface area contributed by atoms with E-state index in [-0.39, 0.29) is 23.2 Å². The molecule has 1 heterocycles. The summed E-state index contributed by atoms with van der Waals surface area (Å²) < 4.78 is 32.6. The molecule has 4 aromatic rings. The Morgan fingerprint density at radius 2 is 1.46 bits per heavy atom. The van der Waals surface area contributed by atoms with Gasteiger partial charge < -0.3 is 30.5 Å². The Kier molecular flexibility index (Phi) is 11.6. The van der Waals surface area contributed by atoms with E-state index >= 15 is 0 Å². The number of hydrogen-bond acceptors (Lipinski definition) is 8. The summed E-state index contributed by atoms with van der Waals surface area (Å²) >= 11 is 1.14. The first-order valence-corrected chi connectivity index (χ1v) is 16.3. The molecule has 5 rings (SSSR count). The number of carbonyl (C=O) groups excluding carboxylic acids is 4. The fourth-order valence-corrected chi connectivity index (χ4v) is 6.44. The zero-order valence-electron chi connectivity index (χ0n) is 26.2. The van der Waals surface area contributed by atoms with Gasteiger partial charge in [-0.15, -0.1) is 11.8 Å². The number of nitrogens with zero attached hydrogens (tertiary/aromatic N) is 1. The standard InChI is InChI=1S/C36H31F2N3O8S/c37-24-10-6-21(7-11-24)29(43)20-50-33-32(41(35(33)46)26-14-12-25(38)13-15-26)23-8-16-27(17-9-23)49-19-30(44)40-31(22-4-2-1-3-5-22)34(45)39-28(18-42)36(47)48/h1-17,28,31-33,42H,18-20H2,(H,39,45)(H,40,44)(H,47,48)/t28-,31+,32+,33+/m0/s1. The predicted octanol–water partition coefficient (Wildman–Crippen LogP) is 3.84. The van der Waals surface area contributed by atoms with Crippen molar-refractivity contribution in [3.8, 4) is 5.75 Å². The van der Waals surface area contributed by atoms with Gasteiger partial charge in [0.1, 0.15) is 34.7 Å². The fraction of sp³-hybridized carbons (Fsp3) is 0.194. The van der Waals surface area contributed by atoms with Crippen molar-refractivity contribution in [2.45, 2.75) is 23.4 Å². The molecule has 0 unspecified atom stereocenters. The van der Waals surface area contributed by atoms with Crippen LogP contribution in [-0.4, -0.2) is 69.9 Å². The molecule has 1 fully saturated rings. The van der Waals surface area contributed by atoms with Crippen molar-refractivity contribution in [2.24, 2.45) is 0 Å². The molecule has 0 aromatic heterocycles. The SMILES string of the molecule is O=C(COc1ccc([C@@H]2[C@@H](SCC(=O)c3ccc(F)cc3)C(=O)N2c2ccc(F)cc2)cc1)N[C@@H](C(=O)N[C@@H](CO)C(=O)O)c1ccccc1. The summed E-state index contributed by atoms with van der Waals surface area (Å²) in [5.74, 6) is -4.22. The summed E-state index contributed by atoms with van der Waals surface area (Å²) in [6.07, 6.45) is 0. The average Bonchev–Trinajstić information content (AvgIpc) is 3.12. The molecule has 0 radical (unpaired) electrons. The van der Waals surface area contributed by atoms with Crippen LogP contribution in [0.15, 0.2) is 103 Å². The molecule has 0 bridgehead atoms. The molecule has 0 spiro atoms. The molecule has 4 aromatic carbocycles. The third-order valence-electron chi connectivity index (χ3n) is 7.80. The highest BCUT2D eigenvalue weighted by Crippen LogP contribution is 2.45. The number of aliphatic hydroxyl groups excluding tert-OH is 1. The van der Waals surface area contributed by atoms with Crippen molar-refractivity contribution in [3.05, 3.63) is 131 Å². The highest BCUT2D eigenvalue weighted by Gasteiger charge is 2.49. The number of ketones is 1. The lowest BCUT2D eigenvalue weighted by atomic mass is 9.92. The molecule has 3 amide bonds. The Morgan fingerprint density at radius 3 is 2.06 bits per heavy atom. The highest BCUT2D eigenvalue weighted by atomic mass is 32.2. The second kappa shape index (κ2) is 16.2. The van der Waals surface area contributed by atoms with Crippen LogP contribution >= 0.6 is 11.8 Å². The van der Waals surface area contributed by atoms with Crippen LogP contribution in [-0.2, 0) is 19.2 Å². The number of thioether (sulfide) groups is 1. The van der Waals surface area contributed by atoms with Gasteiger partial charge in [-0.05, 0) is 71.8 Å². The minimum atomic E-state index is -1.57.